The number of pyridine rings is 1. The number of aliphatic imine (C=N–C) groups is 1. The lowest BCUT2D eigenvalue weighted by Gasteiger charge is -2.18. The average molecular weight is 450 g/mol. The van der Waals surface area contributed by atoms with Crippen LogP contribution >= 0.6 is 15.9 Å². The number of aromatic hydroxyl groups is 1. The van der Waals surface area contributed by atoms with Crippen molar-refractivity contribution < 1.29 is 13.5 Å². The fourth-order valence-corrected chi connectivity index (χ4v) is 5.20. The molecule has 2 aromatic rings. The van der Waals surface area contributed by atoms with Crippen molar-refractivity contribution in [2.75, 3.05) is 11.5 Å². The summed E-state index contributed by atoms with van der Waals surface area (Å²) < 4.78 is 25.4. The first-order valence-electron chi connectivity index (χ1n) is 8.11. The quantitative estimate of drug-likeness (QED) is 0.723. The predicted molar refractivity (Wildman–Crippen MR) is 106 cm³/mol. The van der Waals surface area contributed by atoms with Gasteiger partial charge in [0.2, 0.25) is 5.88 Å². The molecule has 3 rings (SSSR count). The lowest BCUT2D eigenvalue weighted by Crippen LogP contribution is -2.29. The SMILES string of the molecule is Cc1c(C=Nc2cccc(Br)c2)c(O)n([C@@H]2CCS(=O)(=O)C2)c(=O)c1C#N. The lowest BCUT2D eigenvalue weighted by atomic mass is 10.0. The molecular weight excluding hydrogens is 434 g/mol. The third kappa shape index (κ3) is 3.82. The zero-order valence-corrected chi connectivity index (χ0v) is 16.8. The topological polar surface area (TPSA) is 113 Å². The summed E-state index contributed by atoms with van der Waals surface area (Å²) in [6.45, 7) is 1.55. The number of nitriles is 1. The van der Waals surface area contributed by atoms with Crippen LogP contribution in [0.15, 0.2) is 38.5 Å². The molecule has 2 heterocycles. The van der Waals surface area contributed by atoms with Crippen molar-refractivity contribution in [3.8, 4) is 11.9 Å². The van der Waals surface area contributed by atoms with Crippen LogP contribution in [0, 0.1) is 18.3 Å². The number of halogens is 1. The van der Waals surface area contributed by atoms with E-state index in [1.54, 1.807) is 25.1 Å². The van der Waals surface area contributed by atoms with Gasteiger partial charge in [-0.1, -0.05) is 22.0 Å². The standard InChI is InChI=1S/C18H16BrN3O4S/c1-11-15(8-20)17(23)22(14-5-6-27(25,26)10-14)18(24)16(11)9-21-13-4-2-3-12(19)7-13/h2-4,7,9,14,24H,5-6,10H2,1H3/t14-/m1/s1. The smallest absolute Gasteiger partial charge is 0.271 e. The van der Waals surface area contributed by atoms with Gasteiger partial charge in [-0.3, -0.25) is 14.4 Å². The van der Waals surface area contributed by atoms with E-state index in [4.69, 9.17) is 0 Å². The highest BCUT2D eigenvalue weighted by Crippen LogP contribution is 2.30. The molecule has 0 saturated carbocycles. The molecule has 0 radical (unpaired) electrons. The monoisotopic (exact) mass is 449 g/mol. The highest BCUT2D eigenvalue weighted by atomic mass is 79.9. The van der Waals surface area contributed by atoms with Gasteiger partial charge in [0.15, 0.2) is 9.84 Å². The number of aromatic nitrogens is 1. The molecule has 0 bridgehead atoms. The maximum absolute atomic E-state index is 12.6. The molecule has 7 nitrogen and oxygen atoms in total. The zero-order valence-electron chi connectivity index (χ0n) is 14.4. The molecule has 1 N–H and O–H groups in total. The fourth-order valence-electron chi connectivity index (χ4n) is 3.11. The van der Waals surface area contributed by atoms with Crippen LogP contribution in [0.2, 0.25) is 0 Å². The van der Waals surface area contributed by atoms with E-state index >= 15 is 0 Å². The van der Waals surface area contributed by atoms with Gasteiger partial charge in [0.05, 0.1) is 28.8 Å². The summed E-state index contributed by atoms with van der Waals surface area (Å²) in [5.74, 6) is -0.672. The van der Waals surface area contributed by atoms with Crippen molar-refractivity contribution in [1.82, 2.24) is 4.57 Å². The van der Waals surface area contributed by atoms with Gasteiger partial charge < -0.3 is 5.11 Å². The Morgan fingerprint density at radius 2 is 2.19 bits per heavy atom. The van der Waals surface area contributed by atoms with E-state index in [0.29, 0.717) is 11.3 Å². The first kappa shape index (κ1) is 19.3. The van der Waals surface area contributed by atoms with Gasteiger partial charge in [0, 0.05) is 10.7 Å². The van der Waals surface area contributed by atoms with Crippen molar-refractivity contribution in [3.05, 3.63) is 55.8 Å². The van der Waals surface area contributed by atoms with Gasteiger partial charge in [-0.2, -0.15) is 5.26 Å². The lowest BCUT2D eigenvalue weighted by molar-refractivity contribution is 0.379. The first-order valence-corrected chi connectivity index (χ1v) is 10.7. The number of sulfone groups is 1. The van der Waals surface area contributed by atoms with Crippen molar-refractivity contribution in [3.63, 3.8) is 0 Å². The minimum absolute atomic E-state index is 0.0548. The van der Waals surface area contributed by atoms with Crippen LogP contribution in [0.3, 0.4) is 0 Å². The molecule has 1 fully saturated rings. The summed E-state index contributed by atoms with van der Waals surface area (Å²) in [6, 6.07) is 8.34. The summed E-state index contributed by atoms with van der Waals surface area (Å²) >= 11 is 3.35. The van der Waals surface area contributed by atoms with Crippen molar-refractivity contribution in [1.29, 1.82) is 5.26 Å². The molecule has 0 aliphatic carbocycles. The van der Waals surface area contributed by atoms with E-state index in [9.17, 15) is 23.6 Å². The second-order valence-corrected chi connectivity index (χ2v) is 9.46. The summed E-state index contributed by atoms with van der Waals surface area (Å²) in [5.41, 5.74) is 0.316. The van der Waals surface area contributed by atoms with Crippen LogP contribution in [-0.4, -0.2) is 35.8 Å². The third-order valence-corrected chi connectivity index (χ3v) is 6.76. The average Bonchev–Trinajstić information content (AvgIpc) is 2.94. The molecule has 1 aliphatic rings. The number of benzene rings is 1. The van der Waals surface area contributed by atoms with Gasteiger partial charge in [0.25, 0.3) is 5.56 Å². The van der Waals surface area contributed by atoms with E-state index < -0.39 is 21.4 Å². The van der Waals surface area contributed by atoms with Gasteiger partial charge in [0.1, 0.15) is 11.6 Å². The van der Waals surface area contributed by atoms with Crippen molar-refractivity contribution >= 4 is 37.7 Å². The molecule has 27 heavy (non-hydrogen) atoms. The van der Waals surface area contributed by atoms with Gasteiger partial charge in [-0.25, -0.2) is 8.42 Å². The molecule has 1 saturated heterocycles. The van der Waals surface area contributed by atoms with Crippen LogP contribution in [-0.2, 0) is 9.84 Å². The Kier molecular flexibility index (Phi) is 5.22. The molecule has 1 aromatic heterocycles. The minimum Gasteiger partial charge on any atom is -0.494 e. The van der Waals surface area contributed by atoms with E-state index in [1.807, 2.05) is 12.1 Å². The molecule has 1 aliphatic heterocycles. The Morgan fingerprint density at radius 1 is 1.44 bits per heavy atom. The second-order valence-electron chi connectivity index (χ2n) is 6.32. The first-order chi connectivity index (χ1) is 12.7. The highest BCUT2D eigenvalue weighted by molar-refractivity contribution is 9.10. The Labute approximate surface area is 164 Å². The molecule has 1 atom stereocenters. The Hall–Kier alpha value is -2.44. The van der Waals surface area contributed by atoms with E-state index in [-0.39, 0.29) is 34.9 Å². The number of nitrogens with zero attached hydrogens (tertiary/aromatic N) is 3. The molecule has 140 valence electrons. The highest BCUT2D eigenvalue weighted by Gasteiger charge is 2.33. The van der Waals surface area contributed by atoms with E-state index in [2.05, 4.69) is 20.9 Å². The predicted octanol–water partition coefficient (Wildman–Crippen LogP) is 2.61. The normalized spacial score (nSPS) is 18.6. The summed E-state index contributed by atoms with van der Waals surface area (Å²) in [5, 5.41) is 20.1. The van der Waals surface area contributed by atoms with Crippen LogP contribution in [0.1, 0.15) is 29.2 Å². The van der Waals surface area contributed by atoms with Crippen LogP contribution < -0.4 is 5.56 Å². The van der Waals surface area contributed by atoms with Crippen molar-refractivity contribution in [2.24, 2.45) is 4.99 Å². The van der Waals surface area contributed by atoms with Crippen LogP contribution in [0.5, 0.6) is 5.88 Å². The summed E-state index contributed by atoms with van der Waals surface area (Å²) in [6.07, 6.45) is 1.60. The van der Waals surface area contributed by atoms with Crippen LogP contribution in [0.4, 0.5) is 5.69 Å². The minimum atomic E-state index is -3.27. The second kappa shape index (κ2) is 7.29. The maximum Gasteiger partial charge on any atom is 0.271 e. The molecule has 0 unspecified atom stereocenters. The number of hydrogen-bond donors (Lipinski definition) is 1. The van der Waals surface area contributed by atoms with Gasteiger partial charge >= 0.3 is 0 Å². The van der Waals surface area contributed by atoms with Gasteiger partial charge in [-0.15, -0.1) is 0 Å². The molecular formula is C18H16BrN3O4S. The zero-order chi connectivity index (χ0) is 19.8. The summed E-state index contributed by atoms with van der Waals surface area (Å²) in [7, 11) is -3.27. The molecule has 0 amide bonds. The Morgan fingerprint density at radius 3 is 2.78 bits per heavy atom. The van der Waals surface area contributed by atoms with E-state index in [1.165, 1.54) is 6.21 Å². The fraction of sp³-hybridized carbons (Fsp3) is 0.278. The summed E-state index contributed by atoms with van der Waals surface area (Å²) in [4.78, 5) is 16.9. The van der Waals surface area contributed by atoms with Crippen molar-refractivity contribution in [2.45, 2.75) is 19.4 Å². The molecule has 1 aromatic carbocycles. The molecule has 9 heteroatoms. The maximum atomic E-state index is 12.6. The Balaban J connectivity index is 2.16. The van der Waals surface area contributed by atoms with Crippen LogP contribution in [0.25, 0.3) is 0 Å². The Bertz CT molecular complexity index is 1150. The number of rotatable bonds is 3. The molecule has 0 spiro atoms. The largest absolute Gasteiger partial charge is 0.494 e. The van der Waals surface area contributed by atoms with Gasteiger partial charge in [-0.05, 0) is 37.1 Å². The van der Waals surface area contributed by atoms with E-state index in [0.717, 1.165) is 9.04 Å². The number of hydrogen-bond acceptors (Lipinski definition) is 6. The third-order valence-electron chi connectivity index (χ3n) is 4.52.